The van der Waals surface area contributed by atoms with Gasteiger partial charge in [-0.15, -0.1) is 11.3 Å². The van der Waals surface area contributed by atoms with Crippen LogP contribution in [-0.4, -0.2) is 24.6 Å². The van der Waals surface area contributed by atoms with Crippen molar-refractivity contribution < 1.29 is 0 Å². The fraction of sp³-hybridized carbons (Fsp3) is 0.800. The number of nitrogens with one attached hydrogen (secondary N) is 1. The molecule has 3 nitrogen and oxygen atoms in total. The molecular formula is C15H27N3S. The Kier molecular flexibility index (Phi) is 6.11. The minimum atomic E-state index is 0.983. The molecule has 0 amide bonds. The predicted octanol–water partition coefficient (Wildman–Crippen LogP) is 3.72. The van der Waals surface area contributed by atoms with E-state index in [2.05, 4.69) is 24.1 Å². The molecule has 1 N–H and O–H groups in total. The lowest BCUT2D eigenvalue weighted by atomic mass is 10.2. The molecule has 1 aromatic rings. The lowest BCUT2D eigenvalue weighted by molar-refractivity contribution is 0.644. The van der Waals surface area contributed by atoms with E-state index >= 15 is 0 Å². The van der Waals surface area contributed by atoms with Crippen LogP contribution in [-0.2, 0) is 6.54 Å². The minimum absolute atomic E-state index is 0.983. The topological polar surface area (TPSA) is 28.2 Å². The summed E-state index contributed by atoms with van der Waals surface area (Å²) >= 11 is 1.89. The van der Waals surface area contributed by atoms with E-state index in [0.717, 1.165) is 13.1 Å². The van der Waals surface area contributed by atoms with Crippen LogP contribution in [0.2, 0.25) is 0 Å². The number of rotatable bonds is 6. The summed E-state index contributed by atoms with van der Waals surface area (Å²) in [6, 6.07) is 0. The van der Waals surface area contributed by atoms with E-state index in [4.69, 9.17) is 4.98 Å². The van der Waals surface area contributed by atoms with Crippen molar-refractivity contribution in [3.63, 3.8) is 0 Å². The SMILES string of the molecule is CCCCNCc1sc(N2CCCCCC2)nc1C. The lowest BCUT2D eigenvalue weighted by Crippen LogP contribution is -2.23. The number of aromatic nitrogens is 1. The second-order valence-corrected chi connectivity index (χ2v) is 6.50. The number of thiazole rings is 1. The van der Waals surface area contributed by atoms with Crippen LogP contribution < -0.4 is 10.2 Å². The quantitative estimate of drug-likeness (QED) is 0.806. The Bertz CT molecular complexity index is 367. The van der Waals surface area contributed by atoms with Crippen LogP contribution >= 0.6 is 11.3 Å². The van der Waals surface area contributed by atoms with Gasteiger partial charge in [0, 0.05) is 24.5 Å². The van der Waals surface area contributed by atoms with Crippen molar-refractivity contribution >= 4 is 16.5 Å². The molecule has 108 valence electrons. The highest BCUT2D eigenvalue weighted by Gasteiger charge is 2.15. The summed E-state index contributed by atoms with van der Waals surface area (Å²) in [5, 5.41) is 4.77. The van der Waals surface area contributed by atoms with Gasteiger partial charge in [-0.25, -0.2) is 4.98 Å². The number of unbranched alkanes of at least 4 members (excludes halogenated alkanes) is 1. The van der Waals surface area contributed by atoms with Crippen LogP contribution in [0.25, 0.3) is 0 Å². The number of aryl methyl sites for hydroxylation is 1. The van der Waals surface area contributed by atoms with Crippen molar-refractivity contribution in [3.05, 3.63) is 10.6 Å². The van der Waals surface area contributed by atoms with Gasteiger partial charge in [-0.05, 0) is 32.7 Å². The maximum absolute atomic E-state index is 4.78. The Morgan fingerprint density at radius 1 is 1.21 bits per heavy atom. The molecule has 0 aliphatic carbocycles. The van der Waals surface area contributed by atoms with Crippen LogP contribution in [0.15, 0.2) is 0 Å². The van der Waals surface area contributed by atoms with Crippen LogP contribution in [0, 0.1) is 6.92 Å². The van der Waals surface area contributed by atoms with E-state index in [1.54, 1.807) is 0 Å². The van der Waals surface area contributed by atoms with Crippen LogP contribution in [0.4, 0.5) is 5.13 Å². The van der Waals surface area contributed by atoms with Gasteiger partial charge in [0.1, 0.15) is 0 Å². The van der Waals surface area contributed by atoms with Crippen molar-refractivity contribution in [3.8, 4) is 0 Å². The van der Waals surface area contributed by atoms with E-state index in [-0.39, 0.29) is 0 Å². The van der Waals surface area contributed by atoms with Gasteiger partial charge in [-0.1, -0.05) is 26.2 Å². The highest BCUT2D eigenvalue weighted by molar-refractivity contribution is 7.15. The molecule has 1 fully saturated rings. The molecule has 1 aliphatic rings. The molecule has 0 spiro atoms. The first-order valence-electron chi connectivity index (χ1n) is 7.73. The maximum atomic E-state index is 4.78. The summed E-state index contributed by atoms with van der Waals surface area (Å²) in [6.45, 7) is 8.86. The Balaban J connectivity index is 1.91. The van der Waals surface area contributed by atoms with Gasteiger partial charge >= 0.3 is 0 Å². The Morgan fingerprint density at radius 2 is 1.95 bits per heavy atom. The van der Waals surface area contributed by atoms with Crippen molar-refractivity contribution in [1.29, 1.82) is 0 Å². The van der Waals surface area contributed by atoms with Crippen molar-refractivity contribution in [1.82, 2.24) is 10.3 Å². The Morgan fingerprint density at radius 3 is 2.63 bits per heavy atom. The highest BCUT2D eigenvalue weighted by Crippen LogP contribution is 2.27. The smallest absolute Gasteiger partial charge is 0.185 e. The molecule has 0 radical (unpaired) electrons. The van der Waals surface area contributed by atoms with Gasteiger partial charge in [0.05, 0.1) is 5.69 Å². The zero-order chi connectivity index (χ0) is 13.5. The molecule has 1 aromatic heterocycles. The second kappa shape index (κ2) is 7.85. The molecule has 2 heterocycles. The first kappa shape index (κ1) is 14.8. The fourth-order valence-corrected chi connectivity index (χ4v) is 3.56. The summed E-state index contributed by atoms with van der Waals surface area (Å²) in [7, 11) is 0. The van der Waals surface area contributed by atoms with Gasteiger partial charge in [-0.2, -0.15) is 0 Å². The van der Waals surface area contributed by atoms with Crippen molar-refractivity contribution in [2.24, 2.45) is 0 Å². The third-order valence-electron chi connectivity index (χ3n) is 3.75. The lowest BCUT2D eigenvalue weighted by Gasteiger charge is -2.18. The first-order chi connectivity index (χ1) is 9.31. The molecule has 1 aliphatic heterocycles. The summed E-state index contributed by atoms with van der Waals surface area (Å²) in [5.41, 5.74) is 1.22. The molecule has 0 aromatic carbocycles. The van der Waals surface area contributed by atoms with E-state index in [1.165, 1.54) is 67.3 Å². The van der Waals surface area contributed by atoms with Gasteiger partial charge in [0.25, 0.3) is 0 Å². The Labute approximate surface area is 121 Å². The second-order valence-electron chi connectivity index (χ2n) is 5.44. The molecule has 4 heteroatoms. The largest absolute Gasteiger partial charge is 0.348 e. The average Bonchev–Trinajstić information content (AvgIpc) is 2.65. The highest BCUT2D eigenvalue weighted by atomic mass is 32.1. The van der Waals surface area contributed by atoms with Crippen molar-refractivity contribution in [2.45, 2.75) is 58.9 Å². The monoisotopic (exact) mass is 281 g/mol. The molecule has 0 saturated carbocycles. The van der Waals surface area contributed by atoms with Crippen LogP contribution in [0.1, 0.15) is 56.0 Å². The van der Waals surface area contributed by atoms with E-state index in [0.29, 0.717) is 0 Å². The van der Waals surface area contributed by atoms with Crippen molar-refractivity contribution in [2.75, 3.05) is 24.5 Å². The van der Waals surface area contributed by atoms with E-state index in [9.17, 15) is 0 Å². The maximum Gasteiger partial charge on any atom is 0.185 e. The fourth-order valence-electron chi connectivity index (χ4n) is 2.48. The van der Waals surface area contributed by atoms with Gasteiger partial charge in [0.2, 0.25) is 0 Å². The summed E-state index contributed by atoms with van der Waals surface area (Å²) in [5.74, 6) is 0. The average molecular weight is 281 g/mol. The van der Waals surface area contributed by atoms with Gasteiger partial charge in [0.15, 0.2) is 5.13 Å². The molecule has 0 unspecified atom stereocenters. The van der Waals surface area contributed by atoms with E-state index in [1.807, 2.05) is 11.3 Å². The third kappa shape index (κ3) is 4.46. The normalized spacial score (nSPS) is 16.6. The standard InChI is InChI=1S/C15H27N3S/c1-3-4-9-16-12-14-13(2)17-15(19-14)18-10-7-5-6-8-11-18/h16H,3-12H2,1-2H3. The molecular weight excluding hydrogens is 254 g/mol. The summed E-state index contributed by atoms with van der Waals surface area (Å²) < 4.78 is 0. The predicted molar refractivity (Wildman–Crippen MR) is 84.1 cm³/mol. The van der Waals surface area contributed by atoms with Gasteiger partial charge < -0.3 is 10.2 Å². The zero-order valence-corrected chi connectivity index (χ0v) is 13.2. The number of anilines is 1. The zero-order valence-electron chi connectivity index (χ0n) is 12.4. The van der Waals surface area contributed by atoms with E-state index < -0.39 is 0 Å². The molecule has 0 bridgehead atoms. The number of hydrogen-bond donors (Lipinski definition) is 1. The summed E-state index contributed by atoms with van der Waals surface area (Å²) in [4.78, 5) is 8.68. The minimum Gasteiger partial charge on any atom is -0.348 e. The first-order valence-corrected chi connectivity index (χ1v) is 8.55. The molecule has 2 rings (SSSR count). The molecule has 0 atom stereocenters. The van der Waals surface area contributed by atoms with Crippen LogP contribution in [0.3, 0.4) is 0 Å². The number of nitrogens with zero attached hydrogens (tertiary/aromatic N) is 2. The van der Waals surface area contributed by atoms with Gasteiger partial charge in [-0.3, -0.25) is 0 Å². The molecule has 1 saturated heterocycles. The molecule has 19 heavy (non-hydrogen) atoms. The third-order valence-corrected chi connectivity index (χ3v) is 4.97. The summed E-state index contributed by atoms with van der Waals surface area (Å²) in [6.07, 6.45) is 7.93. The number of hydrogen-bond acceptors (Lipinski definition) is 4. The van der Waals surface area contributed by atoms with Crippen LogP contribution in [0.5, 0.6) is 0 Å². The Hall–Kier alpha value is -0.610.